The van der Waals surface area contributed by atoms with Crippen molar-refractivity contribution < 1.29 is 23.9 Å². The van der Waals surface area contributed by atoms with Gasteiger partial charge >= 0.3 is 11.9 Å². The van der Waals surface area contributed by atoms with Crippen molar-refractivity contribution in [2.75, 3.05) is 14.2 Å². The topological polar surface area (TPSA) is 69.7 Å². The van der Waals surface area contributed by atoms with Gasteiger partial charge in [0.05, 0.1) is 25.3 Å². The molecule has 0 heterocycles. The summed E-state index contributed by atoms with van der Waals surface area (Å²) in [7, 11) is 2.68. The fourth-order valence-corrected chi connectivity index (χ4v) is 2.43. The van der Waals surface area contributed by atoms with Crippen molar-refractivity contribution in [3.8, 4) is 0 Å². The van der Waals surface area contributed by atoms with E-state index in [9.17, 15) is 14.4 Å². The zero-order chi connectivity index (χ0) is 20.4. The maximum atomic E-state index is 12.0. The summed E-state index contributed by atoms with van der Waals surface area (Å²) in [4.78, 5) is 34.7. The molecule has 0 unspecified atom stereocenters. The van der Waals surface area contributed by atoms with Crippen LogP contribution in [0.25, 0.3) is 12.2 Å². The average molecular weight is 378 g/mol. The van der Waals surface area contributed by atoms with Gasteiger partial charge < -0.3 is 9.47 Å². The molecule has 0 fully saturated rings. The molecule has 0 aliphatic rings. The molecule has 5 heteroatoms. The van der Waals surface area contributed by atoms with Gasteiger partial charge in [-0.25, -0.2) is 9.59 Å². The van der Waals surface area contributed by atoms with Gasteiger partial charge in [-0.05, 0) is 35.4 Å². The van der Waals surface area contributed by atoms with Crippen molar-refractivity contribution in [1.29, 1.82) is 0 Å². The van der Waals surface area contributed by atoms with Crippen LogP contribution in [0.4, 0.5) is 0 Å². The number of benzene rings is 2. The standard InChI is InChI=1S/C23H22O5/c1-27-22(25)19-13-9-17(10-14-19)5-3-7-21(24)8-4-6-18-11-15-20(16-12-18)23(26)28-2/h3-6,9-16H,7-8H2,1-2H3. The van der Waals surface area contributed by atoms with Crippen molar-refractivity contribution in [1.82, 2.24) is 0 Å². The van der Waals surface area contributed by atoms with Crippen LogP contribution in [0.15, 0.2) is 60.7 Å². The number of hydrogen-bond acceptors (Lipinski definition) is 5. The van der Waals surface area contributed by atoms with E-state index in [1.165, 1.54) is 14.2 Å². The minimum Gasteiger partial charge on any atom is -0.465 e. The molecule has 0 atom stereocenters. The quantitative estimate of drug-likeness (QED) is 0.639. The summed E-state index contributed by atoms with van der Waals surface area (Å²) in [6, 6.07) is 13.9. The molecule has 144 valence electrons. The number of rotatable bonds is 8. The van der Waals surface area contributed by atoms with Gasteiger partial charge in [0, 0.05) is 12.8 Å². The van der Waals surface area contributed by atoms with Gasteiger partial charge in [-0.3, -0.25) is 4.79 Å². The fraction of sp³-hybridized carbons (Fsp3) is 0.174. The van der Waals surface area contributed by atoms with Gasteiger partial charge in [-0.2, -0.15) is 0 Å². The Morgan fingerprint density at radius 2 is 1.04 bits per heavy atom. The van der Waals surface area contributed by atoms with Crippen molar-refractivity contribution in [3.05, 3.63) is 82.9 Å². The van der Waals surface area contributed by atoms with E-state index in [1.807, 2.05) is 12.2 Å². The first-order chi connectivity index (χ1) is 13.5. The predicted molar refractivity (Wildman–Crippen MR) is 108 cm³/mol. The molecule has 0 radical (unpaired) electrons. The van der Waals surface area contributed by atoms with Crippen LogP contribution >= 0.6 is 0 Å². The molecule has 2 aromatic rings. The minimum atomic E-state index is -0.377. The van der Waals surface area contributed by atoms with Crippen LogP contribution < -0.4 is 0 Å². The first-order valence-corrected chi connectivity index (χ1v) is 8.75. The Hall–Kier alpha value is -3.47. The summed E-state index contributed by atoms with van der Waals surface area (Å²) in [6.07, 6.45) is 7.93. The van der Waals surface area contributed by atoms with Crippen LogP contribution in [0.2, 0.25) is 0 Å². The van der Waals surface area contributed by atoms with E-state index in [4.69, 9.17) is 0 Å². The molecule has 0 aromatic heterocycles. The lowest BCUT2D eigenvalue weighted by Gasteiger charge is -1.99. The van der Waals surface area contributed by atoms with Crippen molar-refractivity contribution in [3.63, 3.8) is 0 Å². The molecule has 5 nitrogen and oxygen atoms in total. The average Bonchev–Trinajstić information content (AvgIpc) is 2.73. The zero-order valence-corrected chi connectivity index (χ0v) is 15.9. The smallest absolute Gasteiger partial charge is 0.337 e. The molecule has 2 aromatic carbocycles. The molecule has 0 amide bonds. The molecule has 0 spiro atoms. The van der Waals surface area contributed by atoms with Gasteiger partial charge in [-0.15, -0.1) is 0 Å². The number of allylic oxidation sites excluding steroid dienone is 2. The van der Waals surface area contributed by atoms with E-state index in [2.05, 4.69) is 9.47 Å². The van der Waals surface area contributed by atoms with E-state index >= 15 is 0 Å². The molecule has 0 saturated carbocycles. The number of methoxy groups -OCH3 is 2. The van der Waals surface area contributed by atoms with Gasteiger partial charge in [0.2, 0.25) is 0 Å². The molecular formula is C23H22O5. The first-order valence-electron chi connectivity index (χ1n) is 8.75. The van der Waals surface area contributed by atoms with E-state index in [0.717, 1.165) is 11.1 Å². The Morgan fingerprint density at radius 3 is 1.36 bits per heavy atom. The molecule has 0 aliphatic heterocycles. The van der Waals surface area contributed by atoms with Crippen LogP contribution in [0, 0.1) is 0 Å². The Labute approximate surface area is 164 Å². The highest BCUT2D eigenvalue weighted by atomic mass is 16.5. The number of hydrogen-bond donors (Lipinski definition) is 0. The molecular weight excluding hydrogens is 356 g/mol. The maximum Gasteiger partial charge on any atom is 0.337 e. The van der Waals surface area contributed by atoms with Crippen molar-refractivity contribution in [2.24, 2.45) is 0 Å². The number of esters is 2. The molecule has 0 N–H and O–H groups in total. The van der Waals surface area contributed by atoms with Crippen LogP contribution in [-0.4, -0.2) is 31.9 Å². The second-order valence-electron chi connectivity index (χ2n) is 5.98. The number of Topliss-reactive ketones (excluding diaryl/α,β-unsaturated/α-hetero) is 1. The SMILES string of the molecule is COC(=O)c1ccc(C=CCC(=O)CC=Cc2ccc(C(=O)OC)cc2)cc1. The van der Waals surface area contributed by atoms with Crippen LogP contribution in [0.3, 0.4) is 0 Å². The first kappa shape index (κ1) is 20.8. The third-order valence-corrected chi connectivity index (χ3v) is 3.98. The second-order valence-corrected chi connectivity index (χ2v) is 5.98. The molecule has 2 rings (SSSR count). The monoisotopic (exact) mass is 378 g/mol. The molecule has 0 aliphatic carbocycles. The summed E-state index contributed by atoms with van der Waals surface area (Å²) >= 11 is 0. The van der Waals surface area contributed by atoms with Crippen LogP contribution in [0.1, 0.15) is 44.7 Å². The lowest BCUT2D eigenvalue weighted by Crippen LogP contribution is -2.00. The second kappa shape index (κ2) is 10.6. The highest BCUT2D eigenvalue weighted by Gasteiger charge is 2.04. The van der Waals surface area contributed by atoms with Crippen molar-refractivity contribution in [2.45, 2.75) is 12.8 Å². The number of ether oxygens (including phenoxy) is 2. The van der Waals surface area contributed by atoms with E-state index in [1.54, 1.807) is 60.7 Å². The number of carbonyl (C=O) groups is 3. The molecule has 0 saturated heterocycles. The third kappa shape index (κ3) is 6.36. The summed E-state index contributed by atoms with van der Waals surface area (Å²) in [5, 5.41) is 0. The minimum absolute atomic E-state index is 0.0878. The summed E-state index contributed by atoms with van der Waals surface area (Å²) in [5.41, 5.74) is 2.78. The number of ketones is 1. The molecule has 0 bridgehead atoms. The predicted octanol–water partition coefficient (Wildman–Crippen LogP) is 4.34. The van der Waals surface area contributed by atoms with Gasteiger partial charge in [0.1, 0.15) is 5.78 Å². The van der Waals surface area contributed by atoms with Gasteiger partial charge in [0.15, 0.2) is 0 Å². The lowest BCUT2D eigenvalue weighted by atomic mass is 10.1. The van der Waals surface area contributed by atoms with E-state index in [0.29, 0.717) is 24.0 Å². The highest BCUT2D eigenvalue weighted by Crippen LogP contribution is 2.10. The summed E-state index contributed by atoms with van der Waals surface area (Å²) in [6.45, 7) is 0. The third-order valence-electron chi connectivity index (χ3n) is 3.98. The van der Waals surface area contributed by atoms with Gasteiger partial charge in [0.25, 0.3) is 0 Å². The lowest BCUT2D eigenvalue weighted by molar-refractivity contribution is -0.117. The Balaban J connectivity index is 1.80. The van der Waals surface area contributed by atoms with Crippen molar-refractivity contribution >= 4 is 29.9 Å². The largest absolute Gasteiger partial charge is 0.465 e. The summed E-state index contributed by atoms with van der Waals surface area (Å²) in [5.74, 6) is -0.667. The molecule has 28 heavy (non-hydrogen) atoms. The Morgan fingerprint density at radius 1 is 0.679 bits per heavy atom. The Kier molecular flexibility index (Phi) is 7.91. The zero-order valence-electron chi connectivity index (χ0n) is 15.9. The number of carbonyl (C=O) groups excluding carboxylic acids is 3. The van der Waals surface area contributed by atoms with Crippen LogP contribution in [-0.2, 0) is 14.3 Å². The van der Waals surface area contributed by atoms with E-state index in [-0.39, 0.29) is 17.7 Å². The fourth-order valence-electron chi connectivity index (χ4n) is 2.43. The van der Waals surface area contributed by atoms with E-state index < -0.39 is 0 Å². The maximum absolute atomic E-state index is 12.0. The van der Waals surface area contributed by atoms with Gasteiger partial charge in [-0.1, -0.05) is 48.6 Å². The summed E-state index contributed by atoms with van der Waals surface area (Å²) < 4.78 is 9.30. The normalized spacial score (nSPS) is 10.9. The Bertz CT molecular complexity index is 801. The highest BCUT2D eigenvalue weighted by molar-refractivity contribution is 5.90. The van der Waals surface area contributed by atoms with Crippen LogP contribution in [0.5, 0.6) is 0 Å².